The van der Waals surface area contributed by atoms with E-state index in [-0.39, 0.29) is 11.3 Å². The molecule has 2 N–H and O–H groups in total. The molecule has 1 heterocycles. The van der Waals surface area contributed by atoms with Gasteiger partial charge in [-0.15, -0.1) is 0 Å². The van der Waals surface area contributed by atoms with E-state index in [1.165, 1.54) is 31.5 Å². The van der Waals surface area contributed by atoms with Crippen LogP contribution in [0.2, 0.25) is 0 Å². The van der Waals surface area contributed by atoms with Crippen LogP contribution in [0.3, 0.4) is 0 Å². The largest absolute Gasteiger partial charge is 0.495 e. The number of rotatable bonds is 3. The molecule has 5 nitrogen and oxygen atoms in total. The molecule has 0 aliphatic rings. The monoisotopic (exact) mass is 312 g/mol. The highest BCUT2D eigenvalue weighted by atomic mass is 19.1. The molecule has 0 unspecified atom stereocenters. The fourth-order valence-electron chi connectivity index (χ4n) is 2.32. The molecule has 0 spiro atoms. The van der Waals surface area contributed by atoms with Crippen LogP contribution in [-0.4, -0.2) is 18.0 Å². The number of para-hydroxylation sites is 2. The lowest BCUT2D eigenvalue weighted by atomic mass is 10.1. The van der Waals surface area contributed by atoms with E-state index in [0.717, 1.165) is 0 Å². The molecule has 3 aromatic rings. The molecule has 3 rings (SSSR count). The molecule has 6 heteroatoms. The average Bonchev–Trinajstić information content (AvgIpc) is 2.57. The Morgan fingerprint density at radius 1 is 1.17 bits per heavy atom. The summed E-state index contributed by atoms with van der Waals surface area (Å²) >= 11 is 0. The molecule has 0 aliphatic carbocycles. The van der Waals surface area contributed by atoms with Gasteiger partial charge in [0.15, 0.2) is 0 Å². The fraction of sp³-hybridized carbons (Fsp3) is 0.0588. The Labute approximate surface area is 130 Å². The van der Waals surface area contributed by atoms with Crippen LogP contribution < -0.4 is 15.5 Å². The van der Waals surface area contributed by atoms with Gasteiger partial charge in [0.1, 0.15) is 17.1 Å². The van der Waals surface area contributed by atoms with Gasteiger partial charge >= 0.3 is 0 Å². The van der Waals surface area contributed by atoms with Gasteiger partial charge in [0.05, 0.1) is 23.7 Å². The van der Waals surface area contributed by atoms with Crippen LogP contribution in [0.1, 0.15) is 10.4 Å². The number of hydrogen-bond donors (Lipinski definition) is 2. The van der Waals surface area contributed by atoms with Crippen LogP contribution in [0.15, 0.2) is 53.5 Å². The average molecular weight is 312 g/mol. The molecule has 0 atom stereocenters. The molecule has 0 fully saturated rings. The molecule has 1 aromatic heterocycles. The summed E-state index contributed by atoms with van der Waals surface area (Å²) in [5.74, 6) is -0.749. The smallest absolute Gasteiger partial charge is 0.261 e. The molecule has 0 saturated heterocycles. The van der Waals surface area contributed by atoms with Crippen molar-refractivity contribution in [1.29, 1.82) is 0 Å². The van der Waals surface area contributed by atoms with Gasteiger partial charge in [0, 0.05) is 6.20 Å². The van der Waals surface area contributed by atoms with Crippen LogP contribution in [0.5, 0.6) is 5.75 Å². The molecule has 1 amide bonds. The number of methoxy groups -OCH3 is 1. The Morgan fingerprint density at radius 2 is 1.96 bits per heavy atom. The van der Waals surface area contributed by atoms with Crippen LogP contribution in [-0.2, 0) is 0 Å². The third-order valence-electron chi connectivity index (χ3n) is 3.46. The zero-order valence-electron chi connectivity index (χ0n) is 12.2. The number of pyridine rings is 1. The minimum Gasteiger partial charge on any atom is -0.495 e. The first-order valence-electron chi connectivity index (χ1n) is 6.86. The lowest BCUT2D eigenvalue weighted by molar-refractivity contribution is 0.102. The SMILES string of the molecule is COc1cccc2c(=O)c(C(=O)Nc3ccccc3F)c[nH]c12. The van der Waals surface area contributed by atoms with Crippen molar-refractivity contribution >= 4 is 22.5 Å². The second kappa shape index (κ2) is 5.92. The predicted molar refractivity (Wildman–Crippen MR) is 85.5 cm³/mol. The summed E-state index contributed by atoms with van der Waals surface area (Å²) in [6.45, 7) is 0. The normalized spacial score (nSPS) is 10.5. The number of fused-ring (bicyclic) bond motifs is 1. The number of aromatic nitrogens is 1. The highest BCUT2D eigenvalue weighted by Gasteiger charge is 2.15. The van der Waals surface area contributed by atoms with Crippen molar-refractivity contribution in [2.45, 2.75) is 0 Å². The number of aromatic amines is 1. The highest BCUT2D eigenvalue weighted by molar-refractivity contribution is 6.06. The number of hydrogen-bond acceptors (Lipinski definition) is 3. The van der Waals surface area contributed by atoms with E-state index in [1.54, 1.807) is 24.3 Å². The summed E-state index contributed by atoms with van der Waals surface area (Å²) in [5.41, 5.74) is -0.0365. The number of amides is 1. The Balaban J connectivity index is 2.04. The first kappa shape index (κ1) is 14.8. The zero-order valence-corrected chi connectivity index (χ0v) is 12.2. The minimum atomic E-state index is -0.680. The molecular weight excluding hydrogens is 299 g/mol. The predicted octanol–water partition coefficient (Wildman–Crippen LogP) is 2.93. The number of nitrogens with one attached hydrogen (secondary N) is 2. The van der Waals surface area contributed by atoms with E-state index in [4.69, 9.17) is 4.74 Å². The molecular formula is C17H13FN2O3. The van der Waals surface area contributed by atoms with Crippen molar-refractivity contribution in [3.8, 4) is 5.75 Å². The molecule has 0 radical (unpaired) electrons. The van der Waals surface area contributed by atoms with Gasteiger partial charge in [0.25, 0.3) is 5.91 Å². The third kappa shape index (κ3) is 2.66. The maximum Gasteiger partial charge on any atom is 0.261 e. The van der Waals surface area contributed by atoms with E-state index in [2.05, 4.69) is 10.3 Å². The lowest BCUT2D eigenvalue weighted by Crippen LogP contribution is -2.22. The van der Waals surface area contributed by atoms with Crippen LogP contribution in [0, 0.1) is 5.82 Å². The number of halogens is 1. The van der Waals surface area contributed by atoms with Gasteiger partial charge < -0.3 is 15.0 Å². The Hall–Kier alpha value is -3.15. The van der Waals surface area contributed by atoms with Crippen molar-refractivity contribution in [3.05, 3.63) is 70.3 Å². The number of benzene rings is 2. The molecule has 0 saturated carbocycles. The number of H-pyrrole nitrogens is 1. The van der Waals surface area contributed by atoms with Crippen molar-refractivity contribution in [3.63, 3.8) is 0 Å². The van der Waals surface area contributed by atoms with Crippen molar-refractivity contribution < 1.29 is 13.9 Å². The summed E-state index contributed by atoms with van der Waals surface area (Å²) in [4.78, 5) is 27.6. The van der Waals surface area contributed by atoms with Gasteiger partial charge in [-0.3, -0.25) is 9.59 Å². The Bertz CT molecular complexity index is 950. The first-order chi connectivity index (χ1) is 11.1. The van der Waals surface area contributed by atoms with E-state index < -0.39 is 17.2 Å². The van der Waals surface area contributed by atoms with Gasteiger partial charge in [0.2, 0.25) is 5.43 Å². The second-order valence-corrected chi connectivity index (χ2v) is 4.85. The molecule has 2 aromatic carbocycles. The number of carbonyl (C=O) groups is 1. The maximum atomic E-state index is 13.6. The highest BCUT2D eigenvalue weighted by Crippen LogP contribution is 2.21. The van der Waals surface area contributed by atoms with E-state index in [9.17, 15) is 14.0 Å². The van der Waals surface area contributed by atoms with Gasteiger partial charge in [-0.05, 0) is 24.3 Å². The van der Waals surface area contributed by atoms with E-state index in [0.29, 0.717) is 16.7 Å². The van der Waals surface area contributed by atoms with Crippen molar-refractivity contribution in [2.75, 3.05) is 12.4 Å². The van der Waals surface area contributed by atoms with Crippen LogP contribution >= 0.6 is 0 Å². The van der Waals surface area contributed by atoms with E-state index in [1.807, 2.05) is 0 Å². The lowest BCUT2D eigenvalue weighted by Gasteiger charge is -2.08. The van der Waals surface area contributed by atoms with Crippen molar-refractivity contribution in [2.24, 2.45) is 0 Å². The fourth-order valence-corrected chi connectivity index (χ4v) is 2.32. The van der Waals surface area contributed by atoms with Crippen molar-refractivity contribution in [1.82, 2.24) is 4.98 Å². The molecule has 116 valence electrons. The summed E-state index contributed by atoms with van der Waals surface area (Å²) in [6.07, 6.45) is 1.30. The van der Waals surface area contributed by atoms with Gasteiger partial charge in [-0.1, -0.05) is 18.2 Å². The third-order valence-corrected chi connectivity index (χ3v) is 3.46. The topological polar surface area (TPSA) is 71.2 Å². The number of carbonyl (C=O) groups excluding carboxylic acids is 1. The molecule has 0 aliphatic heterocycles. The second-order valence-electron chi connectivity index (χ2n) is 4.85. The van der Waals surface area contributed by atoms with E-state index >= 15 is 0 Å². The summed E-state index contributed by atoms with van der Waals surface area (Å²) in [6, 6.07) is 10.7. The summed E-state index contributed by atoms with van der Waals surface area (Å²) in [7, 11) is 1.49. The zero-order chi connectivity index (χ0) is 16.4. The minimum absolute atomic E-state index is 0.0163. The summed E-state index contributed by atoms with van der Waals surface area (Å²) < 4.78 is 18.8. The number of ether oxygens (including phenoxy) is 1. The maximum absolute atomic E-state index is 13.6. The molecule has 23 heavy (non-hydrogen) atoms. The summed E-state index contributed by atoms with van der Waals surface area (Å²) in [5, 5.41) is 2.72. The van der Waals surface area contributed by atoms with Crippen LogP contribution in [0.25, 0.3) is 10.9 Å². The Kier molecular flexibility index (Phi) is 3.80. The van der Waals surface area contributed by atoms with Crippen LogP contribution in [0.4, 0.5) is 10.1 Å². The quantitative estimate of drug-likeness (QED) is 0.781. The standard InChI is InChI=1S/C17H13FN2O3/c1-23-14-8-4-5-10-15(14)19-9-11(16(10)21)17(22)20-13-7-3-2-6-12(13)18/h2-9H,1H3,(H,19,21)(H,20,22). The molecule has 0 bridgehead atoms. The number of anilines is 1. The van der Waals surface area contributed by atoms with Gasteiger partial charge in [-0.25, -0.2) is 4.39 Å². The van der Waals surface area contributed by atoms with Gasteiger partial charge in [-0.2, -0.15) is 0 Å². The first-order valence-corrected chi connectivity index (χ1v) is 6.86. The Morgan fingerprint density at radius 3 is 2.70 bits per heavy atom.